The van der Waals surface area contributed by atoms with Crippen molar-refractivity contribution in [3.05, 3.63) is 58.3 Å². The highest BCUT2D eigenvalue weighted by atomic mass is 79.9. The molecule has 0 saturated carbocycles. The molecule has 0 bridgehead atoms. The lowest BCUT2D eigenvalue weighted by Crippen LogP contribution is -2.28. The van der Waals surface area contributed by atoms with Crippen LogP contribution < -0.4 is 16.0 Å². The molecule has 0 fully saturated rings. The molecular weight excluding hydrogens is 318 g/mol. The number of nitrogens with one attached hydrogen (secondary N) is 1. The smallest absolute Gasteiger partial charge is 0.119 e. The van der Waals surface area contributed by atoms with E-state index in [0.29, 0.717) is 0 Å². The SMILES string of the molecule is CC(C)Oc1ccc(C(NN)c2cncc(Br)c2)cc1. The normalized spacial score (nSPS) is 12.4. The molecule has 1 aromatic carbocycles. The summed E-state index contributed by atoms with van der Waals surface area (Å²) in [5.74, 6) is 6.53. The van der Waals surface area contributed by atoms with Gasteiger partial charge in [-0.25, -0.2) is 5.43 Å². The first kappa shape index (κ1) is 15.0. The maximum Gasteiger partial charge on any atom is 0.119 e. The van der Waals surface area contributed by atoms with Gasteiger partial charge in [-0.15, -0.1) is 0 Å². The summed E-state index contributed by atoms with van der Waals surface area (Å²) in [6, 6.07) is 9.80. The summed E-state index contributed by atoms with van der Waals surface area (Å²) in [4.78, 5) is 4.17. The topological polar surface area (TPSA) is 60.2 Å². The number of hydrogen-bond donors (Lipinski definition) is 2. The lowest BCUT2D eigenvalue weighted by molar-refractivity contribution is 0.242. The predicted molar refractivity (Wildman–Crippen MR) is 83.3 cm³/mol. The van der Waals surface area contributed by atoms with Crippen molar-refractivity contribution in [3.63, 3.8) is 0 Å². The van der Waals surface area contributed by atoms with E-state index in [1.165, 1.54) is 0 Å². The number of hydrogen-bond acceptors (Lipinski definition) is 4. The molecule has 0 aliphatic heterocycles. The summed E-state index contributed by atoms with van der Waals surface area (Å²) in [6.07, 6.45) is 3.71. The summed E-state index contributed by atoms with van der Waals surface area (Å²) in [6.45, 7) is 4.01. The van der Waals surface area contributed by atoms with E-state index < -0.39 is 0 Å². The van der Waals surface area contributed by atoms with E-state index in [4.69, 9.17) is 10.6 Å². The number of nitrogens with two attached hydrogens (primary N) is 1. The minimum Gasteiger partial charge on any atom is -0.491 e. The first-order valence-corrected chi connectivity index (χ1v) is 7.22. The second kappa shape index (κ2) is 6.83. The molecule has 3 N–H and O–H groups in total. The van der Waals surface area contributed by atoms with E-state index in [9.17, 15) is 0 Å². The molecule has 2 rings (SSSR count). The zero-order valence-corrected chi connectivity index (χ0v) is 13.1. The third kappa shape index (κ3) is 3.79. The maximum absolute atomic E-state index is 5.68. The molecular formula is C15H18BrN3O. The Balaban J connectivity index is 2.23. The molecule has 1 unspecified atom stereocenters. The summed E-state index contributed by atoms with van der Waals surface area (Å²) in [5, 5.41) is 0. The average Bonchev–Trinajstić information content (AvgIpc) is 2.41. The molecule has 106 valence electrons. The van der Waals surface area contributed by atoms with Gasteiger partial charge in [0, 0.05) is 16.9 Å². The number of ether oxygens (including phenoxy) is 1. The Morgan fingerprint density at radius 1 is 1.15 bits per heavy atom. The number of pyridine rings is 1. The molecule has 1 atom stereocenters. The van der Waals surface area contributed by atoms with Crippen LogP contribution in [0.5, 0.6) is 5.75 Å². The highest BCUT2D eigenvalue weighted by molar-refractivity contribution is 9.10. The first-order chi connectivity index (χ1) is 9.60. The van der Waals surface area contributed by atoms with Crippen molar-refractivity contribution in [1.82, 2.24) is 10.4 Å². The van der Waals surface area contributed by atoms with Gasteiger partial charge in [-0.1, -0.05) is 12.1 Å². The quantitative estimate of drug-likeness (QED) is 0.650. The van der Waals surface area contributed by atoms with Crippen molar-refractivity contribution in [3.8, 4) is 5.75 Å². The number of rotatable bonds is 5. The number of nitrogens with zero attached hydrogens (tertiary/aromatic N) is 1. The van der Waals surface area contributed by atoms with Gasteiger partial charge in [-0.05, 0) is 59.1 Å². The van der Waals surface area contributed by atoms with Gasteiger partial charge < -0.3 is 4.74 Å². The molecule has 0 spiro atoms. The molecule has 2 aromatic rings. The minimum absolute atomic E-state index is 0.104. The van der Waals surface area contributed by atoms with Crippen LogP contribution in [0.3, 0.4) is 0 Å². The van der Waals surface area contributed by atoms with Crippen LogP contribution >= 0.6 is 15.9 Å². The van der Waals surface area contributed by atoms with Crippen LogP contribution in [-0.4, -0.2) is 11.1 Å². The Morgan fingerprint density at radius 2 is 1.85 bits per heavy atom. The van der Waals surface area contributed by atoms with Gasteiger partial charge in [-0.2, -0.15) is 0 Å². The molecule has 20 heavy (non-hydrogen) atoms. The second-order valence-electron chi connectivity index (χ2n) is 4.77. The monoisotopic (exact) mass is 335 g/mol. The Kier molecular flexibility index (Phi) is 5.11. The molecule has 0 saturated heterocycles. The molecule has 0 aliphatic rings. The van der Waals surface area contributed by atoms with Crippen molar-refractivity contribution in [1.29, 1.82) is 0 Å². The third-order valence-corrected chi connectivity index (χ3v) is 3.24. The van der Waals surface area contributed by atoms with Gasteiger partial charge in [0.2, 0.25) is 0 Å². The Hall–Kier alpha value is -1.43. The van der Waals surface area contributed by atoms with Gasteiger partial charge in [0.15, 0.2) is 0 Å². The van der Waals surface area contributed by atoms with Crippen LogP contribution in [-0.2, 0) is 0 Å². The number of aromatic nitrogens is 1. The van der Waals surface area contributed by atoms with Crippen molar-refractivity contribution in [2.45, 2.75) is 26.0 Å². The maximum atomic E-state index is 5.68. The van der Waals surface area contributed by atoms with Crippen LogP contribution in [0.2, 0.25) is 0 Å². The van der Waals surface area contributed by atoms with Crippen molar-refractivity contribution >= 4 is 15.9 Å². The van der Waals surface area contributed by atoms with Crippen LogP contribution in [0.25, 0.3) is 0 Å². The van der Waals surface area contributed by atoms with Crippen molar-refractivity contribution in [2.24, 2.45) is 5.84 Å². The molecule has 0 aliphatic carbocycles. The molecule has 1 aromatic heterocycles. The molecule has 0 amide bonds. The van der Waals surface area contributed by atoms with Gasteiger partial charge in [0.05, 0.1) is 12.1 Å². The van der Waals surface area contributed by atoms with Crippen molar-refractivity contribution in [2.75, 3.05) is 0 Å². The zero-order chi connectivity index (χ0) is 14.5. The van der Waals surface area contributed by atoms with E-state index >= 15 is 0 Å². The first-order valence-electron chi connectivity index (χ1n) is 6.43. The Bertz CT molecular complexity index is 557. The average molecular weight is 336 g/mol. The number of halogens is 1. The molecule has 0 radical (unpaired) electrons. The van der Waals surface area contributed by atoms with Crippen LogP contribution in [0.15, 0.2) is 47.2 Å². The minimum atomic E-state index is -0.104. The highest BCUT2D eigenvalue weighted by Crippen LogP contribution is 2.25. The standard InChI is InChI=1S/C15H18BrN3O/c1-10(2)20-14-5-3-11(4-6-14)15(19-17)12-7-13(16)9-18-8-12/h3-10,15,19H,17H2,1-2H3. The van der Waals surface area contributed by atoms with Gasteiger partial charge in [0.25, 0.3) is 0 Å². The highest BCUT2D eigenvalue weighted by Gasteiger charge is 2.13. The Labute approximate surface area is 127 Å². The van der Waals surface area contributed by atoms with E-state index in [0.717, 1.165) is 21.3 Å². The fraction of sp³-hybridized carbons (Fsp3) is 0.267. The predicted octanol–water partition coefficient (Wildman–Crippen LogP) is 3.18. The largest absolute Gasteiger partial charge is 0.491 e. The fourth-order valence-electron chi connectivity index (χ4n) is 1.98. The van der Waals surface area contributed by atoms with E-state index in [1.54, 1.807) is 12.4 Å². The second-order valence-corrected chi connectivity index (χ2v) is 5.69. The summed E-state index contributed by atoms with van der Waals surface area (Å²) in [5.41, 5.74) is 4.88. The number of benzene rings is 1. The van der Waals surface area contributed by atoms with Gasteiger partial charge in [-0.3, -0.25) is 10.8 Å². The summed E-state index contributed by atoms with van der Waals surface area (Å²) < 4.78 is 6.56. The van der Waals surface area contributed by atoms with E-state index in [2.05, 4.69) is 26.3 Å². The summed E-state index contributed by atoms with van der Waals surface area (Å²) in [7, 11) is 0. The molecule has 1 heterocycles. The van der Waals surface area contributed by atoms with Crippen LogP contribution in [0.4, 0.5) is 0 Å². The van der Waals surface area contributed by atoms with Crippen molar-refractivity contribution < 1.29 is 4.74 Å². The summed E-state index contributed by atoms with van der Waals surface area (Å²) >= 11 is 3.42. The molecule has 4 nitrogen and oxygen atoms in total. The van der Waals surface area contributed by atoms with E-state index in [-0.39, 0.29) is 12.1 Å². The Morgan fingerprint density at radius 3 is 2.40 bits per heavy atom. The zero-order valence-electron chi connectivity index (χ0n) is 11.5. The van der Waals surface area contributed by atoms with Crippen LogP contribution in [0, 0.1) is 0 Å². The third-order valence-electron chi connectivity index (χ3n) is 2.81. The van der Waals surface area contributed by atoms with Gasteiger partial charge in [0.1, 0.15) is 5.75 Å². The fourth-order valence-corrected chi connectivity index (χ4v) is 2.36. The lowest BCUT2D eigenvalue weighted by atomic mass is 10.0. The van der Waals surface area contributed by atoms with Crippen LogP contribution in [0.1, 0.15) is 31.0 Å². The number of hydrazine groups is 1. The van der Waals surface area contributed by atoms with E-state index in [1.807, 2.05) is 44.2 Å². The molecule has 5 heteroatoms. The lowest BCUT2D eigenvalue weighted by Gasteiger charge is -2.17. The van der Waals surface area contributed by atoms with Gasteiger partial charge >= 0.3 is 0 Å².